The van der Waals surface area contributed by atoms with Crippen molar-refractivity contribution in [3.05, 3.63) is 24.3 Å². The standard InChI is InChI=1S/C13H21N3O2.HI/c1-10(9-16-13(14-2)15-3)18-12-8-6-5-7-11(12)17-4;/h5-8,10H,9H2,1-4H3,(H2,14,15,16);1H. The summed E-state index contributed by atoms with van der Waals surface area (Å²) in [6, 6.07) is 7.60. The third-order valence-electron chi connectivity index (χ3n) is 2.41. The van der Waals surface area contributed by atoms with Gasteiger partial charge in [0, 0.05) is 14.1 Å². The van der Waals surface area contributed by atoms with Crippen LogP contribution in [0, 0.1) is 0 Å². The van der Waals surface area contributed by atoms with Gasteiger partial charge < -0.3 is 20.1 Å². The highest BCUT2D eigenvalue weighted by Gasteiger charge is 2.08. The van der Waals surface area contributed by atoms with Crippen LogP contribution in [0.25, 0.3) is 0 Å². The zero-order valence-corrected chi connectivity index (χ0v) is 14.1. The van der Waals surface area contributed by atoms with Crippen LogP contribution in [0.3, 0.4) is 0 Å². The van der Waals surface area contributed by atoms with Crippen LogP contribution >= 0.6 is 24.0 Å². The van der Waals surface area contributed by atoms with Gasteiger partial charge in [0.1, 0.15) is 6.10 Å². The Kier molecular flexibility index (Phi) is 9.11. The van der Waals surface area contributed by atoms with E-state index in [1.54, 1.807) is 14.2 Å². The summed E-state index contributed by atoms with van der Waals surface area (Å²) in [6.07, 6.45) is 0.00593. The molecule has 6 heteroatoms. The van der Waals surface area contributed by atoms with Crippen molar-refractivity contribution in [2.75, 3.05) is 27.7 Å². The summed E-state index contributed by atoms with van der Waals surface area (Å²) < 4.78 is 11.0. The summed E-state index contributed by atoms with van der Waals surface area (Å²) in [5.74, 6) is 2.22. The van der Waals surface area contributed by atoms with E-state index in [4.69, 9.17) is 9.47 Å². The van der Waals surface area contributed by atoms with Crippen LogP contribution in [-0.2, 0) is 0 Å². The first-order valence-electron chi connectivity index (χ1n) is 5.89. The summed E-state index contributed by atoms with van der Waals surface area (Å²) in [5, 5.41) is 6.10. The fourth-order valence-corrected chi connectivity index (χ4v) is 1.49. The van der Waals surface area contributed by atoms with Crippen molar-refractivity contribution >= 4 is 29.9 Å². The minimum atomic E-state index is 0. The fraction of sp³-hybridized carbons (Fsp3) is 0.462. The molecular weight excluding hydrogens is 357 g/mol. The van der Waals surface area contributed by atoms with E-state index in [9.17, 15) is 0 Å². The van der Waals surface area contributed by atoms with E-state index in [0.717, 1.165) is 17.5 Å². The van der Waals surface area contributed by atoms with E-state index in [2.05, 4.69) is 15.6 Å². The predicted octanol–water partition coefficient (Wildman–Crippen LogP) is 1.88. The van der Waals surface area contributed by atoms with Gasteiger partial charge in [-0.1, -0.05) is 12.1 Å². The third kappa shape index (κ3) is 6.00. The van der Waals surface area contributed by atoms with Gasteiger partial charge in [-0.05, 0) is 19.1 Å². The topological polar surface area (TPSA) is 54.9 Å². The number of benzene rings is 1. The van der Waals surface area contributed by atoms with Crippen molar-refractivity contribution in [2.45, 2.75) is 13.0 Å². The molecule has 1 aromatic rings. The van der Waals surface area contributed by atoms with Crippen molar-refractivity contribution in [1.29, 1.82) is 0 Å². The van der Waals surface area contributed by atoms with Crippen molar-refractivity contribution in [1.82, 2.24) is 10.6 Å². The Morgan fingerprint density at radius 2 is 1.95 bits per heavy atom. The minimum Gasteiger partial charge on any atom is -0.493 e. The van der Waals surface area contributed by atoms with Crippen molar-refractivity contribution < 1.29 is 9.47 Å². The molecule has 0 aliphatic heterocycles. The van der Waals surface area contributed by atoms with E-state index in [0.29, 0.717) is 6.54 Å². The van der Waals surface area contributed by atoms with Crippen LogP contribution in [0.4, 0.5) is 0 Å². The molecule has 0 heterocycles. The number of nitrogens with one attached hydrogen (secondary N) is 2. The maximum atomic E-state index is 5.81. The molecule has 108 valence electrons. The molecule has 1 unspecified atom stereocenters. The molecule has 0 radical (unpaired) electrons. The number of hydrogen-bond acceptors (Lipinski definition) is 3. The number of rotatable bonds is 5. The molecule has 0 saturated carbocycles. The lowest BCUT2D eigenvalue weighted by Gasteiger charge is -2.18. The van der Waals surface area contributed by atoms with Gasteiger partial charge in [-0.25, -0.2) is 0 Å². The lowest BCUT2D eigenvalue weighted by molar-refractivity contribution is 0.213. The van der Waals surface area contributed by atoms with Crippen LogP contribution in [0.2, 0.25) is 0 Å². The summed E-state index contributed by atoms with van der Waals surface area (Å²) in [7, 11) is 5.18. The number of halogens is 1. The largest absolute Gasteiger partial charge is 0.493 e. The molecule has 1 rings (SSSR count). The van der Waals surface area contributed by atoms with Gasteiger partial charge in [0.2, 0.25) is 0 Å². The molecule has 0 aliphatic carbocycles. The first-order valence-corrected chi connectivity index (χ1v) is 5.89. The van der Waals surface area contributed by atoms with Crippen molar-refractivity contribution in [2.24, 2.45) is 4.99 Å². The Morgan fingerprint density at radius 3 is 2.47 bits per heavy atom. The Balaban J connectivity index is 0.00000324. The second-order valence-corrected chi connectivity index (χ2v) is 3.78. The summed E-state index contributed by atoms with van der Waals surface area (Å²) in [5.41, 5.74) is 0. The maximum absolute atomic E-state index is 5.81. The highest BCUT2D eigenvalue weighted by molar-refractivity contribution is 14.0. The molecule has 1 atom stereocenters. The van der Waals surface area contributed by atoms with Crippen LogP contribution in [0.15, 0.2) is 29.3 Å². The van der Waals surface area contributed by atoms with Crippen LogP contribution in [-0.4, -0.2) is 39.8 Å². The Labute approximate surface area is 131 Å². The quantitative estimate of drug-likeness (QED) is 0.466. The van der Waals surface area contributed by atoms with E-state index in [1.807, 2.05) is 38.2 Å². The summed E-state index contributed by atoms with van der Waals surface area (Å²) in [4.78, 5) is 4.03. The summed E-state index contributed by atoms with van der Waals surface area (Å²) in [6.45, 7) is 2.65. The molecule has 0 amide bonds. The first kappa shape index (κ1) is 17.8. The van der Waals surface area contributed by atoms with Crippen molar-refractivity contribution in [3.8, 4) is 11.5 Å². The SMILES string of the molecule is CN=C(NC)NCC(C)Oc1ccccc1OC.I. The smallest absolute Gasteiger partial charge is 0.190 e. The van der Waals surface area contributed by atoms with Crippen LogP contribution < -0.4 is 20.1 Å². The Morgan fingerprint density at radius 1 is 1.32 bits per heavy atom. The number of guanidine groups is 1. The van der Waals surface area contributed by atoms with Crippen molar-refractivity contribution in [3.63, 3.8) is 0 Å². The number of para-hydroxylation sites is 2. The average molecular weight is 379 g/mol. The van der Waals surface area contributed by atoms with Crippen LogP contribution in [0.1, 0.15) is 6.92 Å². The molecule has 19 heavy (non-hydrogen) atoms. The zero-order valence-electron chi connectivity index (χ0n) is 11.8. The first-order chi connectivity index (χ1) is 8.71. The minimum absolute atomic E-state index is 0. The number of methoxy groups -OCH3 is 1. The van der Waals surface area contributed by atoms with Gasteiger partial charge in [-0.15, -0.1) is 24.0 Å². The molecule has 0 spiro atoms. The van der Waals surface area contributed by atoms with Gasteiger partial charge in [0.25, 0.3) is 0 Å². The average Bonchev–Trinajstić information content (AvgIpc) is 2.40. The fourth-order valence-electron chi connectivity index (χ4n) is 1.49. The molecule has 0 aromatic heterocycles. The second-order valence-electron chi connectivity index (χ2n) is 3.78. The van der Waals surface area contributed by atoms with Gasteiger partial charge >= 0.3 is 0 Å². The van der Waals surface area contributed by atoms with Crippen LogP contribution in [0.5, 0.6) is 11.5 Å². The van der Waals surface area contributed by atoms with E-state index in [-0.39, 0.29) is 30.1 Å². The van der Waals surface area contributed by atoms with E-state index >= 15 is 0 Å². The number of aliphatic imine (C=N–C) groups is 1. The van der Waals surface area contributed by atoms with Gasteiger partial charge in [-0.2, -0.15) is 0 Å². The lowest BCUT2D eigenvalue weighted by Crippen LogP contribution is -2.40. The molecule has 1 aromatic carbocycles. The predicted molar refractivity (Wildman–Crippen MR) is 88.9 cm³/mol. The molecule has 0 aliphatic rings. The number of nitrogens with zero attached hydrogens (tertiary/aromatic N) is 1. The number of hydrogen-bond donors (Lipinski definition) is 2. The Hall–Kier alpha value is -1.18. The molecule has 0 bridgehead atoms. The molecule has 0 fully saturated rings. The Bertz CT molecular complexity index is 399. The van der Waals surface area contributed by atoms with E-state index in [1.165, 1.54) is 0 Å². The molecule has 2 N–H and O–H groups in total. The summed E-state index contributed by atoms with van der Waals surface area (Å²) >= 11 is 0. The number of ether oxygens (including phenoxy) is 2. The van der Waals surface area contributed by atoms with Gasteiger partial charge in [-0.3, -0.25) is 4.99 Å². The highest BCUT2D eigenvalue weighted by atomic mass is 127. The lowest BCUT2D eigenvalue weighted by atomic mass is 10.3. The van der Waals surface area contributed by atoms with Gasteiger partial charge in [0.05, 0.1) is 13.7 Å². The normalized spacial score (nSPS) is 12.1. The zero-order chi connectivity index (χ0) is 13.4. The monoisotopic (exact) mass is 379 g/mol. The maximum Gasteiger partial charge on any atom is 0.190 e. The van der Waals surface area contributed by atoms with E-state index < -0.39 is 0 Å². The second kappa shape index (κ2) is 9.71. The van der Waals surface area contributed by atoms with Gasteiger partial charge in [0.15, 0.2) is 17.5 Å². The third-order valence-corrected chi connectivity index (χ3v) is 2.41. The highest BCUT2D eigenvalue weighted by Crippen LogP contribution is 2.26. The molecule has 5 nitrogen and oxygen atoms in total. The molecular formula is C13H22IN3O2. The molecule has 0 saturated heterocycles.